The van der Waals surface area contributed by atoms with E-state index in [0.717, 1.165) is 23.9 Å². The zero-order valence-corrected chi connectivity index (χ0v) is 14.1. The maximum atomic E-state index is 3.80. The van der Waals surface area contributed by atoms with Crippen LogP contribution >= 0.6 is 0 Å². The molecule has 1 aliphatic carbocycles. The molecule has 2 rings (SSSR count). The predicted molar refractivity (Wildman–Crippen MR) is 87.1 cm³/mol. The molecule has 1 saturated heterocycles. The van der Waals surface area contributed by atoms with Crippen LogP contribution in [0.5, 0.6) is 0 Å². The molecule has 0 amide bonds. The monoisotopic (exact) mass is 281 g/mol. The van der Waals surface area contributed by atoms with Crippen LogP contribution in [-0.2, 0) is 0 Å². The summed E-state index contributed by atoms with van der Waals surface area (Å²) in [7, 11) is 4.47. The second kappa shape index (κ2) is 7.77. The molecule has 2 fully saturated rings. The molecule has 3 nitrogen and oxygen atoms in total. The molecule has 2 aliphatic rings. The molecule has 1 saturated carbocycles. The summed E-state index contributed by atoms with van der Waals surface area (Å²) in [5.74, 6) is 1.69. The molecule has 0 aromatic heterocycles. The van der Waals surface area contributed by atoms with Crippen molar-refractivity contribution in [1.29, 1.82) is 0 Å². The average Bonchev–Trinajstić information content (AvgIpc) is 2.79. The van der Waals surface area contributed by atoms with Crippen molar-refractivity contribution in [3.63, 3.8) is 0 Å². The van der Waals surface area contributed by atoms with E-state index in [1.54, 1.807) is 0 Å². The molecule has 3 heteroatoms. The van der Waals surface area contributed by atoms with Gasteiger partial charge in [0, 0.05) is 31.7 Å². The third kappa shape index (κ3) is 4.19. The van der Waals surface area contributed by atoms with Crippen LogP contribution in [0, 0.1) is 11.8 Å². The molecule has 4 atom stereocenters. The van der Waals surface area contributed by atoms with Crippen LogP contribution in [0.25, 0.3) is 0 Å². The number of likely N-dealkylation sites (N-methyl/N-ethyl adjacent to an activating group) is 1. The highest BCUT2D eigenvalue weighted by atomic mass is 15.2. The molecule has 0 bridgehead atoms. The largest absolute Gasteiger partial charge is 0.314 e. The first-order valence-electron chi connectivity index (χ1n) is 8.74. The Balaban J connectivity index is 1.84. The molecular formula is C17H35N3. The van der Waals surface area contributed by atoms with E-state index >= 15 is 0 Å². The topological polar surface area (TPSA) is 18.5 Å². The Bertz CT molecular complexity index is 279. The Morgan fingerprint density at radius 1 is 1.15 bits per heavy atom. The molecule has 0 aromatic rings. The van der Waals surface area contributed by atoms with Crippen molar-refractivity contribution >= 4 is 0 Å². The van der Waals surface area contributed by atoms with Crippen LogP contribution in [0.1, 0.15) is 46.0 Å². The maximum Gasteiger partial charge on any atom is 0.0254 e. The minimum atomic E-state index is 0.751. The highest BCUT2D eigenvalue weighted by molar-refractivity contribution is 4.90. The molecule has 20 heavy (non-hydrogen) atoms. The van der Waals surface area contributed by atoms with Gasteiger partial charge in [0.05, 0.1) is 0 Å². The van der Waals surface area contributed by atoms with E-state index in [1.165, 1.54) is 58.3 Å². The van der Waals surface area contributed by atoms with Crippen LogP contribution in [-0.4, -0.2) is 62.2 Å². The maximum absolute atomic E-state index is 3.80. The van der Waals surface area contributed by atoms with Gasteiger partial charge in [0.15, 0.2) is 0 Å². The first kappa shape index (κ1) is 16.3. The standard InChI is InChI=1S/C17H35N3/c1-5-10-18-16-9-7-6-8-15(16)12-20-11-14(2)17(13-20)19(3)4/h14-18H,5-13H2,1-4H3. The van der Waals surface area contributed by atoms with Gasteiger partial charge < -0.3 is 15.1 Å². The summed E-state index contributed by atoms with van der Waals surface area (Å²) in [4.78, 5) is 5.14. The van der Waals surface area contributed by atoms with E-state index in [-0.39, 0.29) is 0 Å². The van der Waals surface area contributed by atoms with Gasteiger partial charge in [-0.2, -0.15) is 0 Å². The van der Waals surface area contributed by atoms with Gasteiger partial charge in [-0.05, 0) is 51.7 Å². The smallest absolute Gasteiger partial charge is 0.0254 e. The lowest BCUT2D eigenvalue weighted by Crippen LogP contribution is -2.44. The molecule has 1 heterocycles. The summed E-state index contributed by atoms with van der Waals surface area (Å²) in [6, 6.07) is 1.53. The normalized spacial score (nSPS) is 35.9. The van der Waals surface area contributed by atoms with Crippen molar-refractivity contribution in [2.24, 2.45) is 11.8 Å². The van der Waals surface area contributed by atoms with Crippen molar-refractivity contribution in [2.75, 3.05) is 40.3 Å². The van der Waals surface area contributed by atoms with Gasteiger partial charge in [-0.3, -0.25) is 0 Å². The van der Waals surface area contributed by atoms with E-state index in [2.05, 4.69) is 43.1 Å². The second-order valence-electron chi connectivity index (χ2n) is 7.33. The SMILES string of the molecule is CCCNC1CCCCC1CN1CC(C)C(N(C)C)C1. The Labute approximate surface area is 126 Å². The molecular weight excluding hydrogens is 246 g/mol. The summed E-state index contributed by atoms with van der Waals surface area (Å²) >= 11 is 0. The highest BCUT2D eigenvalue weighted by Crippen LogP contribution is 2.28. The highest BCUT2D eigenvalue weighted by Gasteiger charge is 2.34. The average molecular weight is 281 g/mol. The van der Waals surface area contributed by atoms with Crippen LogP contribution in [0.15, 0.2) is 0 Å². The van der Waals surface area contributed by atoms with E-state index in [4.69, 9.17) is 0 Å². The fourth-order valence-electron chi connectivity index (χ4n) is 4.23. The Kier molecular flexibility index (Phi) is 6.31. The summed E-state index contributed by atoms with van der Waals surface area (Å²) in [5.41, 5.74) is 0. The molecule has 1 N–H and O–H groups in total. The van der Waals surface area contributed by atoms with Gasteiger partial charge in [0.2, 0.25) is 0 Å². The van der Waals surface area contributed by atoms with Crippen molar-refractivity contribution in [3.05, 3.63) is 0 Å². The number of nitrogens with one attached hydrogen (secondary N) is 1. The van der Waals surface area contributed by atoms with Crippen molar-refractivity contribution in [1.82, 2.24) is 15.1 Å². The molecule has 4 unspecified atom stereocenters. The number of hydrogen-bond donors (Lipinski definition) is 1. The minimum Gasteiger partial charge on any atom is -0.314 e. The Hall–Kier alpha value is -0.120. The lowest BCUT2D eigenvalue weighted by atomic mass is 9.84. The van der Waals surface area contributed by atoms with Crippen LogP contribution in [0.2, 0.25) is 0 Å². The molecule has 0 spiro atoms. The van der Waals surface area contributed by atoms with E-state index in [1.807, 2.05) is 0 Å². The van der Waals surface area contributed by atoms with Gasteiger partial charge in [-0.1, -0.05) is 26.7 Å². The van der Waals surface area contributed by atoms with E-state index in [9.17, 15) is 0 Å². The lowest BCUT2D eigenvalue weighted by molar-refractivity contribution is 0.180. The quantitative estimate of drug-likeness (QED) is 0.807. The zero-order valence-electron chi connectivity index (χ0n) is 14.1. The van der Waals surface area contributed by atoms with Crippen molar-refractivity contribution < 1.29 is 0 Å². The number of hydrogen-bond acceptors (Lipinski definition) is 3. The molecule has 0 aromatic carbocycles. The predicted octanol–water partition coefficient (Wildman–Crippen LogP) is 2.43. The Morgan fingerprint density at radius 3 is 2.55 bits per heavy atom. The molecule has 0 radical (unpaired) electrons. The van der Waals surface area contributed by atoms with Crippen LogP contribution < -0.4 is 5.32 Å². The zero-order chi connectivity index (χ0) is 14.5. The number of rotatable bonds is 6. The van der Waals surface area contributed by atoms with E-state index in [0.29, 0.717) is 0 Å². The first-order valence-corrected chi connectivity index (χ1v) is 8.74. The Morgan fingerprint density at radius 2 is 1.90 bits per heavy atom. The molecule has 1 aliphatic heterocycles. The van der Waals surface area contributed by atoms with Gasteiger partial charge in [0.25, 0.3) is 0 Å². The van der Waals surface area contributed by atoms with Crippen molar-refractivity contribution in [3.8, 4) is 0 Å². The molecule has 118 valence electrons. The summed E-state index contributed by atoms with van der Waals surface area (Å²) in [6.45, 7) is 9.76. The third-order valence-corrected chi connectivity index (χ3v) is 5.37. The first-order chi connectivity index (χ1) is 9.61. The lowest BCUT2D eigenvalue weighted by Gasteiger charge is -2.35. The third-order valence-electron chi connectivity index (χ3n) is 5.37. The number of nitrogens with zero attached hydrogens (tertiary/aromatic N) is 2. The fraction of sp³-hybridized carbons (Fsp3) is 1.00. The van der Waals surface area contributed by atoms with Gasteiger partial charge in [-0.25, -0.2) is 0 Å². The van der Waals surface area contributed by atoms with Gasteiger partial charge in [0.1, 0.15) is 0 Å². The second-order valence-corrected chi connectivity index (χ2v) is 7.33. The van der Waals surface area contributed by atoms with Crippen LogP contribution in [0.4, 0.5) is 0 Å². The fourth-order valence-corrected chi connectivity index (χ4v) is 4.23. The minimum absolute atomic E-state index is 0.751. The summed E-state index contributed by atoms with van der Waals surface area (Å²) in [5, 5.41) is 3.80. The van der Waals surface area contributed by atoms with Crippen LogP contribution in [0.3, 0.4) is 0 Å². The summed E-state index contributed by atoms with van der Waals surface area (Å²) in [6.07, 6.45) is 6.95. The van der Waals surface area contributed by atoms with E-state index < -0.39 is 0 Å². The number of likely N-dealkylation sites (tertiary alicyclic amines) is 1. The van der Waals surface area contributed by atoms with Gasteiger partial charge in [-0.15, -0.1) is 0 Å². The van der Waals surface area contributed by atoms with Crippen molar-refractivity contribution in [2.45, 2.75) is 58.0 Å². The van der Waals surface area contributed by atoms with Gasteiger partial charge >= 0.3 is 0 Å². The summed E-state index contributed by atoms with van der Waals surface area (Å²) < 4.78 is 0.